The van der Waals surface area contributed by atoms with Gasteiger partial charge in [-0.3, -0.25) is 4.90 Å². The number of thiocarbonyl (C=S) groups is 1. The molecule has 5 heteroatoms. The Labute approximate surface area is 137 Å². The molecule has 0 atom stereocenters. The maximum absolute atomic E-state index is 6.01. The van der Waals surface area contributed by atoms with Gasteiger partial charge < -0.3 is 10.6 Å². The van der Waals surface area contributed by atoms with Gasteiger partial charge in [0, 0.05) is 48.4 Å². The highest BCUT2D eigenvalue weighted by Gasteiger charge is 2.22. The van der Waals surface area contributed by atoms with Crippen LogP contribution in [0, 0.1) is 0 Å². The van der Waals surface area contributed by atoms with Crippen molar-refractivity contribution in [2.24, 2.45) is 5.73 Å². The van der Waals surface area contributed by atoms with E-state index in [1.165, 1.54) is 10.6 Å². The molecule has 116 valence electrons. The van der Waals surface area contributed by atoms with Crippen LogP contribution >= 0.6 is 24.0 Å². The van der Waals surface area contributed by atoms with Crippen LogP contribution in [0.5, 0.6) is 0 Å². The molecule has 1 aliphatic rings. The lowest BCUT2D eigenvalue weighted by atomic mass is 10.1. The number of benzene rings is 1. The number of hydrogen-bond acceptors (Lipinski definition) is 4. The van der Waals surface area contributed by atoms with Crippen LogP contribution in [-0.2, 0) is 0 Å². The molecule has 0 aliphatic carbocycles. The van der Waals surface area contributed by atoms with Gasteiger partial charge in [0.05, 0.1) is 0 Å². The van der Waals surface area contributed by atoms with Crippen LogP contribution in [0.4, 0.5) is 5.69 Å². The number of nitrogens with zero attached hydrogens (tertiary/aromatic N) is 2. The highest BCUT2D eigenvalue weighted by Crippen LogP contribution is 2.31. The first kappa shape index (κ1) is 16.6. The maximum atomic E-state index is 6.01. The molecule has 1 heterocycles. The Morgan fingerprint density at radius 3 is 2.48 bits per heavy atom. The average molecular weight is 324 g/mol. The van der Waals surface area contributed by atoms with Gasteiger partial charge in [0.25, 0.3) is 0 Å². The van der Waals surface area contributed by atoms with Crippen molar-refractivity contribution in [1.82, 2.24) is 4.90 Å². The minimum atomic E-state index is 0.507. The van der Waals surface area contributed by atoms with Gasteiger partial charge in [-0.25, -0.2) is 0 Å². The minimum absolute atomic E-state index is 0.507. The van der Waals surface area contributed by atoms with E-state index < -0.39 is 0 Å². The predicted molar refractivity (Wildman–Crippen MR) is 97.6 cm³/mol. The van der Waals surface area contributed by atoms with Crippen molar-refractivity contribution in [3.8, 4) is 0 Å². The largest absolute Gasteiger partial charge is 0.389 e. The van der Waals surface area contributed by atoms with Crippen molar-refractivity contribution in [3.05, 3.63) is 23.8 Å². The molecule has 21 heavy (non-hydrogen) atoms. The molecule has 0 spiro atoms. The first-order chi connectivity index (χ1) is 10.0. The second-order valence-electron chi connectivity index (χ2n) is 5.56. The number of anilines is 1. The first-order valence-electron chi connectivity index (χ1n) is 7.59. The summed E-state index contributed by atoms with van der Waals surface area (Å²) in [7, 11) is 0. The summed E-state index contributed by atoms with van der Waals surface area (Å²) in [6.45, 7) is 10.9. The quantitative estimate of drug-likeness (QED) is 0.665. The fourth-order valence-electron chi connectivity index (χ4n) is 2.79. The zero-order valence-corrected chi connectivity index (χ0v) is 14.8. The molecule has 0 aromatic heterocycles. The third kappa shape index (κ3) is 3.90. The Morgan fingerprint density at radius 2 is 1.95 bits per heavy atom. The Hall–Kier alpha value is -0.780. The van der Waals surface area contributed by atoms with E-state index in [0.29, 0.717) is 11.0 Å². The third-order valence-electron chi connectivity index (χ3n) is 3.94. The molecular formula is C16H25N3S2. The van der Waals surface area contributed by atoms with Gasteiger partial charge in [-0.2, -0.15) is 0 Å². The Bertz CT molecular complexity index is 494. The Balaban J connectivity index is 2.24. The van der Waals surface area contributed by atoms with E-state index in [1.54, 1.807) is 0 Å². The van der Waals surface area contributed by atoms with E-state index in [-0.39, 0.29) is 0 Å². The fraction of sp³-hybridized carbons (Fsp3) is 0.562. The summed E-state index contributed by atoms with van der Waals surface area (Å²) in [5.41, 5.74) is 8.26. The van der Waals surface area contributed by atoms with E-state index in [4.69, 9.17) is 18.0 Å². The van der Waals surface area contributed by atoms with Crippen LogP contribution in [0.2, 0.25) is 0 Å². The number of thioether (sulfide) groups is 1. The molecule has 1 aromatic carbocycles. The third-order valence-corrected chi connectivity index (χ3v) is 5.08. The highest BCUT2D eigenvalue weighted by molar-refractivity contribution is 7.99. The lowest BCUT2D eigenvalue weighted by Gasteiger charge is -2.39. The molecule has 0 radical (unpaired) electrons. The van der Waals surface area contributed by atoms with Crippen LogP contribution in [0.25, 0.3) is 0 Å². The summed E-state index contributed by atoms with van der Waals surface area (Å²) < 4.78 is 0. The van der Waals surface area contributed by atoms with Crippen LogP contribution in [0.1, 0.15) is 26.3 Å². The number of nitrogens with two attached hydrogens (primary N) is 1. The number of rotatable bonds is 5. The maximum Gasteiger partial charge on any atom is 0.107 e. The van der Waals surface area contributed by atoms with Gasteiger partial charge >= 0.3 is 0 Å². The van der Waals surface area contributed by atoms with Gasteiger partial charge in [-0.1, -0.05) is 25.2 Å². The second kappa shape index (κ2) is 7.47. The van der Waals surface area contributed by atoms with E-state index in [1.807, 2.05) is 11.8 Å². The van der Waals surface area contributed by atoms with Gasteiger partial charge in [0.15, 0.2) is 0 Å². The van der Waals surface area contributed by atoms with Crippen molar-refractivity contribution in [3.63, 3.8) is 0 Å². The molecule has 3 nitrogen and oxygen atoms in total. The van der Waals surface area contributed by atoms with Crippen molar-refractivity contribution in [1.29, 1.82) is 0 Å². The normalized spacial score (nSPS) is 16.5. The SMILES string of the molecule is CCSc1cccc(N2CCN(C(C)C)CC2)c1C(N)=S. The molecule has 1 aliphatic heterocycles. The topological polar surface area (TPSA) is 32.5 Å². The van der Waals surface area contributed by atoms with Gasteiger partial charge in [0.1, 0.15) is 4.99 Å². The van der Waals surface area contributed by atoms with Crippen molar-refractivity contribution >= 4 is 34.7 Å². The van der Waals surface area contributed by atoms with E-state index >= 15 is 0 Å². The molecular weight excluding hydrogens is 298 g/mol. The van der Waals surface area contributed by atoms with Crippen molar-refractivity contribution in [2.75, 3.05) is 36.8 Å². The number of hydrogen-bond donors (Lipinski definition) is 1. The van der Waals surface area contributed by atoms with Crippen molar-refractivity contribution in [2.45, 2.75) is 31.7 Å². The Morgan fingerprint density at radius 1 is 1.29 bits per heavy atom. The van der Waals surface area contributed by atoms with Gasteiger partial charge in [0.2, 0.25) is 0 Å². The summed E-state index contributed by atoms with van der Waals surface area (Å²) in [4.78, 5) is 6.65. The molecule has 2 N–H and O–H groups in total. The molecule has 1 fully saturated rings. The van der Waals surface area contributed by atoms with E-state index in [0.717, 1.165) is 37.5 Å². The summed E-state index contributed by atoms with van der Waals surface area (Å²) in [6.07, 6.45) is 0. The first-order valence-corrected chi connectivity index (χ1v) is 8.98. The molecule has 2 rings (SSSR count). The molecule has 0 bridgehead atoms. The van der Waals surface area contributed by atoms with Gasteiger partial charge in [-0.05, 0) is 31.7 Å². The zero-order valence-electron chi connectivity index (χ0n) is 13.1. The van der Waals surface area contributed by atoms with E-state index in [9.17, 15) is 0 Å². The average Bonchev–Trinajstić information content (AvgIpc) is 2.47. The molecule has 1 aromatic rings. The highest BCUT2D eigenvalue weighted by atomic mass is 32.2. The minimum Gasteiger partial charge on any atom is -0.389 e. The zero-order chi connectivity index (χ0) is 15.4. The number of piperazine rings is 1. The summed E-state index contributed by atoms with van der Waals surface area (Å²) >= 11 is 7.12. The van der Waals surface area contributed by atoms with Crippen molar-refractivity contribution < 1.29 is 0 Å². The second-order valence-corrected chi connectivity index (χ2v) is 7.31. The lowest BCUT2D eigenvalue weighted by Crippen LogP contribution is -2.49. The Kier molecular flexibility index (Phi) is 5.90. The van der Waals surface area contributed by atoms with Crippen LogP contribution < -0.4 is 10.6 Å². The van der Waals surface area contributed by atoms with E-state index in [2.05, 4.69) is 48.8 Å². The molecule has 1 saturated heterocycles. The van der Waals surface area contributed by atoms with Gasteiger partial charge in [-0.15, -0.1) is 11.8 Å². The summed E-state index contributed by atoms with van der Waals surface area (Å²) in [6, 6.07) is 7.00. The van der Waals surface area contributed by atoms with Crippen LogP contribution in [0.15, 0.2) is 23.1 Å². The summed E-state index contributed by atoms with van der Waals surface area (Å²) in [5, 5.41) is 0. The molecule has 0 saturated carbocycles. The fourth-order valence-corrected chi connectivity index (χ4v) is 3.91. The monoisotopic (exact) mass is 323 g/mol. The molecule has 0 unspecified atom stereocenters. The standard InChI is InChI=1S/C16H25N3S2/c1-4-21-14-7-5-6-13(15(14)16(17)20)19-10-8-18(9-11-19)12(2)3/h5-7,12H,4,8-11H2,1-3H3,(H2,17,20). The smallest absolute Gasteiger partial charge is 0.107 e. The predicted octanol–water partition coefficient (Wildman–Crippen LogP) is 2.96. The summed E-state index contributed by atoms with van der Waals surface area (Å²) in [5.74, 6) is 1.03. The van der Waals surface area contributed by atoms with Crippen LogP contribution in [-0.4, -0.2) is 47.9 Å². The lowest BCUT2D eigenvalue weighted by molar-refractivity contribution is 0.209. The van der Waals surface area contributed by atoms with Crippen LogP contribution in [0.3, 0.4) is 0 Å². The molecule has 0 amide bonds.